The predicted octanol–water partition coefficient (Wildman–Crippen LogP) is 1.75. The third-order valence-corrected chi connectivity index (χ3v) is 1.72. The molecule has 17 heavy (non-hydrogen) atoms. The van der Waals surface area contributed by atoms with Gasteiger partial charge in [-0.2, -0.15) is 0 Å². The molecule has 6 nitrogen and oxygen atoms in total. The van der Waals surface area contributed by atoms with E-state index in [1.54, 1.807) is 0 Å². The normalized spacial score (nSPS) is 10.4. The molecule has 1 aromatic rings. The zero-order chi connectivity index (χ0) is 12.8. The Morgan fingerprint density at radius 2 is 2.29 bits per heavy atom. The van der Waals surface area contributed by atoms with Crippen LogP contribution in [-0.4, -0.2) is 22.6 Å². The number of carbonyl (C=O) groups is 1. The number of carboxylic acids is 1. The minimum absolute atomic E-state index is 0.138. The van der Waals surface area contributed by atoms with Crippen LogP contribution in [0.15, 0.2) is 30.4 Å². The number of ether oxygens (including phenoxy) is 1. The van der Waals surface area contributed by atoms with Gasteiger partial charge in [0.2, 0.25) is 0 Å². The number of hydrogen-bond acceptors (Lipinski definition) is 4. The molecule has 0 fully saturated rings. The standard InChI is InChI=1S/C10H8FNO5/c11-8-6-7(12(15)16)3-4-9(8)17-5-1-2-10(13)14/h1-4,6H,5H2,(H,13,14)/b2-1+. The maximum absolute atomic E-state index is 13.2. The van der Waals surface area contributed by atoms with E-state index in [0.717, 1.165) is 24.3 Å². The molecule has 0 radical (unpaired) electrons. The Kier molecular flexibility index (Phi) is 4.15. The van der Waals surface area contributed by atoms with Crippen LogP contribution in [0.25, 0.3) is 0 Å². The van der Waals surface area contributed by atoms with E-state index in [1.165, 1.54) is 6.08 Å². The van der Waals surface area contributed by atoms with Gasteiger partial charge >= 0.3 is 5.97 Å². The smallest absolute Gasteiger partial charge is 0.328 e. The average molecular weight is 241 g/mol. The molecule has 0 amide bonds. The first-order chi connectivity index (χ1) is 8.00. The van der Waals surface area contributed by atoms with Gasteiger partial charge in [-0.25, -0.2) is 9.18 Å². The van der Waals surface area contributed by atoms with Crippen molar-refractivity contribution in [2.24, 2.45) is 0 Å². The molecule has 1 N–H and O–H groups in total. The van der Waals surface area contributed by atoms with Crippen LogP contribution in [0, 0.1) is 15.9 Å². The van der Waals surface area contributed by atoms with Gasteiger partial charge in [0.25, 0.3) is 5.69 Å². The van der Waals surface area contributed by atoms with Crippen molar-refractivity contribution in [3.63, 3.8) is 0 Å². The van der Waals surface area contributed by atoms with Gasteiger partial charge in [0, 0.05) is 12.1 Å². The summed E-state index contributed by atoms with van der Waals surface area (Å²) in [6, 6.07) is 2.94. The topological polar surface area (TPSA) is 89.7 Å². The molecular weight excluding hydrogens is 233 g/mol. The van der Waals surface area contributed by atoms with E-state index in [-0.39, 0.29) is 18.0 Å². The van der Waals surface area contributed by atoms with Gasteiger partial charge in [-0.3, -0.25) is 10.1 Å². The lowest BCUT2D eigenvalue weighted by molar-refractivity contribution is -0.385. The molecule has 90 valence electrons. The molecule has 0 aromatic heterocycles. The molecule has 0 atom stereocenters. The van der Waals surface area contributed by atoms with E-state index in [9.17, 15) is 19.3 Å². The van der Waals surface area contributed by atoms with Crippen molar-refractivity contribution in [3.8, 4) is 5.75 Å². The molecule has 0 spiro atoms. The zero-order valence-electron chi connectivity index (χ0n) is 8.50. The number of benzene rings is 1. The summed E-state index contributed by atoms with van der Waals surface area (Å²) in [6.07, 6.45) is 2.03. The minimum Gasteiger partial charge on any atom is -0.486 e. The largest absolute Gasteiger partial charge is 0.486 e. The van der Waals surface area contributed by atoms with Crippen LogP contribution in [0.4, 0.5) is 10.1 Å². The maximum Gasteiger partial charge on any atom is 0.328 e. The van der Waals surface area contributed by atoms with Crippen molar-refractivity contribution in [1.82, 2.24) is 0 Å². The van der Waals surface area contributed by atoms with Gasteiger partial charge < -0.3 is 9.84 Å². The Labute approximate surface area is 95.1 Å². The van der Waals surface area contributed by atoms with Crippen LogP contribution < -0.4 is 4.74 Å². The van der Waals surface area contributed by atoms with E-state index in [4.69, 9.17) is 9.84 Å². The highest BCUT2D eigenvalue weighted by Crippen LogP contribution is 2.22. The third-order valence-electron chi connectivity index (χ3n) is 1.72. The monoisotopic (exact) mass is 241 g/mol. The molecule has 0 heterocycles. The molecule has 0 aliphatic carbocycles. The lowest BCUT2D eigenvalue weighted by atomic mass is 10.3. The maximum atomic E-state index is 13.2. The predicted molar refractivity (Wildman–Crippen MR) is 55.3 cm³/mol. The number of carboxylic acid groups (broad SMARTS) is 1. The summed E-state index contributed by atoms with van der Waals surface area (Å²) in [4.78, 5) is 19.7. The first kappa shape index (κ1) is 12.6. The molecule has 0 bridgehead atoms. The number of nitro groups is 1. The Hall–Kier alpha value is -2.44. The fourth-order valence-electron chi connectivity index (χ4n) is 1.01. The highest BCUT2D eigenvalue weighted by atomic mass is 19.1. The van der Waals surface area contributed by atoms with Gasteiger partial charge in [0.1, 0.15) is 6.61 Å². The van der Waals surface area contributed by atoms with Gasteiger partial charge in [-0.15, -0.1) is 0 Å². The van der Waals surface area contributed by atoms with Crippen molar-refractivity contribution in [2.45, 2.75) is 0 Å². The SMILES string of the molecule is O=C(O)/C=C/COc1ccc([N+](=O)[O-])cc1F. The fraction of sp³-hybridized carbons (Fsp3) is 0.100. The lowest BCUT2D eigenvalue weighted by Crippen LogP contribution is -1.98. The molecule has 0 unspecified atom stereocenters. The van der Waals surface area contributed by atoms with E-state index in [1.807, 2.05) is 0 Å². The number of aliphatic carboxylic acids is 1. The second-order valence-electron chi connectivity index (χ2n) is 2.92. The van der Waals surface area contributed by atoms with Gasteiger partial charge in [0.05, 0.1) is 11.0 Å². The molecule has 0 aliphatic rings. The number of hydrogen-bond donors (Lipinski definition) is 1. The molecule has 0 saturated carbocycles. The second-order valence-corrected chi connectivity index (χ2v) is 2.92. The van der Waals surface area contributed by atoms with Crippen LogP contribution in [-0.2, 0) is 4.79 Å². The Morgan fingerprint density at radius 3 is 2.82 bits per heavy atom. The summed E-state index contributed by atoms with van der Waals surface area (Å²) in [5, 5.41) is 18.6. The van der Waals surface area contributed by atoms with Crippen molar-refractivity contribution >= 4 is 11.7 Å². The first-order valence-electron chi connectivity index (χ1n) is 4.47. The van der Waals surface area contributed by atoms with E-state index in [2.05, 4.69) is 0 Å². The first-order valence-corrected chi connectivity index (χ1v) is 4.47. The lowest BCUT2D eigenvalue weighted by Gasteiger charge is -2.03. The summed E-state index contributed by atoms with van der Waals surface area (Å²) >= 11 is 0. The summed E-state index contributed by atoms with van der Waals surface area (Å²) in [5.41, 5.74) is -0.379. The molecule has 1 rings (SSSR count). The van der Waals surface area contributed by atoms with E-state index < -0.39 is 16.7 Å². The number of nitro benzene ring substituents is 1. The highest BCUT2D eigenvalue weighted by Gasteiger charge is 2.10. The van der Waals surface area contributed by atoms with Crippen LogP contribution >= 0.6 is 0 Å². The van der Waals surface area contributed by atoms with Crippen LogP contribution in [0.3, 0.4) is 0 Å². The summed E-state index contributed by atoms with van der Waals surface area (Å²) < 4.78 is 18.1. The number of non-ortho nitro benzene ring substituents is 1. The van der Waals surface area contributed by atoms with Gasteiger partial charge in [-0.1, -0.05) is 0 Å². The Bertz CT molecular complexity index is 472. The zero-order valence-corrected chi connectivity index (χ0v) is 8.50. The fourth-order valence-corrected chi connectivity index (χ4v) is 1.01. The molecular formula is C10H8FNO5. The minimum atomic E-state index is -1.14. The van der Waals surface area contributed by atoms with Crippen LogP contribution in [0.1, 0.15) is 0 Å². The van der Waals surface area contributed by atoms with Crippen LogP contribution in [0.2, 0.25) is 0 Å². The number of nitrogens with zero attached hydrogens (tertiary/aromatic N) is 1. The average Bonchev–Trinajstić information content (AvgIpc) is 2.25. The summed E-state index contributed by atoms with van der Waals surface area (Å²) in [7, 11) is 0. The number of halogens is 1. The van der Waals surface area contributed by atoms with Gasteiger partial charge in [0.15, 0.2) is 11.6 Å². The van der Waals surface area contributed by atoms with Crippen LogP contribution in [0.5, 0.6) is 5.75 Å². The Balaban J connectivity index is 2.67. The third kappa shape index (κ3) is 3.90. The van der Waals surface area contributed by atoms with Crippen molar-refractivity contribution in [3.05, 3.63) is 46.3 Å². The summed E-state index contributed by atoms with van der Waals surface area (Å²) in [6.45, 7) is -0.138. The molecule has 0 saturated heterocycles. The second kappa shape index (κ2) is 5.59. The highest BCUT2D eigenvalue weighted by molar-refractivity contribution is 5.79. The molecule has 7 heteroatoms. The van der Waals surface area contributed by atoms with Gasteiger partial charge in [-0.05, 0) is 12.1 Å². The quantitative estimate of drug-likeness (QED) is 0.482. The molecule has 1 aromatic carbocycles. The molecule has 0 aliphatic heterocycles. The Morgan fingerprint density at radius 1 is 1.59 bits per heavy atom. The number of rotatable bonds is 5. The van der Waals surface area contributed by atoms with Crippen molar-refractivity contribution in [1.29, 1.82) is 0 Å². The van der Waals surface area contributed by atoms with E-state index >= 15 is 0 Å². The van der Waals surface area contributed by atoms with Crippen molar-refractivity contribution in [2.75, 3.05) is 6.61 Å². The van der Waals surface area contributed by atoms with E-state index in [0.29, 0.717) is 0 Å². The van der Waals surface area contributed by atoms with Crippen molar-refractivity contribution < 1.29 is 24.0 Å². The summed E-state index contributed by atoms with van der Waals surface area (Å²) in [5.74, 6) is -2.19.